The highest BCUT2D eigenvalue weighted by molar-refractivity contribution is 6.13. The van der Waals surface area contributed by atoms with Crippen LogP contribution >= 0.6 is 0 Å². The van der Waals surface area contributed by atoms with Gasteiger partial charge >= 0.3 is 0 Å². The number of aromatic nitrogens is 2. The Hall–Kier alpha value is -7.62. The molecule has 0 saturated carbocycles. The normalized spacial score (nSPS) is 13.1. The number of fused-ring (bicyclic) bond motifs is 9. The summed E-state index contributed by atoms with van der Waals surface area (Å²) in [6, 6.07) is 59.4. The molecule has 0 fully saturated rings. The number of furan rings is 1. The van der Waals surface area contributed by atoms with Crippen molar-refractivity contribution in [2.75, 3.05) is 0 Å². The van der Waals surface area contributed by atoms with Crippen molar-refractivity contribution in [3.63, 3.8) is 0 Å². The van der Waals surface area contributed by atoms with E-state index in [2.05, 4.69) is 138 Å². The zero-order valence-corrected chi connectivity index (χ0v) is 30.5. The van der Waals surface area contributed by atoms with Crippen LogP contribution in [0.4, 0.5) is 0 Å². The molecular weight excluding hydrogens is 693 g/mol. The van der Waals surface area contributed by atoms with Crippen molar-refractivity contribution in [2.24, 2.45) is 0 Å². The van der Waals surface area contributed by atoms with Gasteiger partial charge in [-0.15, -0.1) is 0 Å². The Kier molecular flexibility index (Phi) is 5.91. The first-order valence-corrected chi connectivity index (χ1v) is 19.1. The second-order valence-corrected chi connectivity index (χ2v) is 14.5. The van der Waals surface area contributed by atoms with Crippen LogP contribution in [0.2, 0.25) is 0 Å². The molecule has 12 rings (SSSR count). The Morgan fingerprint density at radius 3 is 1.49 bits per heavy atom. The van der Waals surface area contributed by atoms with E-state index in [1.54, 1.807) is 0 Å². The molecule has 0 spiro atoms. The molecule has 0 aliphatic carbocycles. The van der Waals surface area contributed by atoms with Crippen molar-refractivity contribution >= 4 is 65.6 Å². The lowest BCUT2D eigenvalue weighted by Gasteiger charge is -2.11. The van der Waals surface area contributed by atoms with E-state index in [9.17, 15) is 0 Å². The SMILES string of the molecule is [2H]c1c([2H])c([2H])c(-n2c3ccccc3c3ccc(-c4ccc5c6ccccc6n(-c6ccc(-c7ccc(-c8cccc9oc%10ccccc%10c89)cc7)cc6)c5c4)cc32)c([2H])c1[2H]. The molecule has 266 valence electrons. The molecule has 0 amide bonds. The van der Waals surface area contributed by atoms with Crippen molar-refractivity contribution in [1.29, 1.82) is 0 Å². The molecule has 0 bridgehead atoms. The highest BCUT2D eigenvalue weighted by atomic mass is 16.3. The van der Waals surface area contributed by atoms with Gasteiger partial charge in [-0.05, 0) is 94.0 Å². The first kappa shape index (κ1) is 27.0. The Morgan fingerprint density at radius 2 is 0.842 bits per heavy atom. The molecule has 0 unspecified atom stereocenters. The van der Waals surface area contributed by atoms with E-state index >= 15 is 0 Å². The van der Waals surface area contributed by atoms with Gasteiger partial charge in [0.1, 0.15) is 11.2 Å². The van der Waals surface area contributed by atoms with Crippen molar-refractivity contribution in [3.8, 4) is 44.8 Å². The fourth-order valence-electron chi connectivity index (χ4n) is 8.83. The van der Waals surface area contributed by atoms with Crippen molar-refractivity contribution < 1.29 is 11.3 Å². The first-order valence-electron chi connectivity index (χ1n) is 21.6. The van der Waals surface area contributed by atoms with E-state index in [1.807, 2.05) is 47.0 Å². The van der Waals surface area contributed by atoms with E-state index in [1.165, 1.54) is 0 Å². The number of para-hydroxylation sites is 4. The summed E-state index contributed by atoms with van der Waals surface area (Å²) in [6.45, 7) is 0. The molecule has 3 heteroatoms. The zero-order valence-electron chi connectivity index (χ0n) is 35.5. The van der Waals surface area contributed by atoms with Gasteiger partial charge in [-0.3, -0.25) is 0 Å². The van der Waals surface area contributed by atoms with Crippen molar-refractivity contribution in [1.82, 2.24) is 9.13 Å². The number of hydrogen-bond acceptors (Lipinski definition) is 1. The number of hydrogen-bond donors (Lipinski definition) is 0. The third kappa shape index (κ3) is 4.92. The van der Waals surface area contributed by atoms with Crippen LogP contribution in [0.5, 0.6) is 0 Å². The molecule has 0 saturated heterocycles. The van der Waals surface area contributed by atoms with Crippen LogP contribution in [0, 0.1) is 0 Å². The van der Waals surface area contributed by atoms with E-state index < -0.39 is 6.04 Å². The summed E-state index contributed by atoms with van der Waals surface area (Å²) >= 11 is 0. The smallest absolute Gasteiger partial charge is 0.136 e. The monoisotopic (exact) mass is 731 g/mol. The number of benzene rings is 9. The minimum atomic E-state index is -0.410. The molecule has 0 aliphatic rings. The third-order valence-electron chi connectivity index (χ3n) is 11.4. The molecule has 3 nitrogen and oxygen atoms in total. The fraction of sp³-hybridized carbons (Fsp3) is 0. The molecule has 0 radical (unpaired) electrons. The molecule has 0 N–H and O–H groups in total. The van der Waals surface area contributed by atoms with Gasteiger partial charge in [0.25, 0.3) is 0 Å². The van der Waals surface area contributed by atoms with E-state index in [-0.39, 0.29) is 29.9 Å². The van der Waals surface area contributed by atoms with Gasteiger partial charge in [-0.2, -0.15) is 0 Å². The highest BCUT2D eigenvalue weighted by Gasteiger charge is 2.17. The molecule has 57 heavy (non-hydrogen) atoms. The lowest BCUT2D eigenvalue weighted by Crippen LogP contribution is -1.94. The van der Waals surface area contributed by atoms with Gasteiger partial charge in [0.15, 0.2) is 0 Å². The second-order valence-electron chi connectivity index (χ2n) is 14.5. The third-order valence-corrected chi connectivity index (χ3v) is 11.4. The average molecular weight is 732 g/mol. The quantitative estimate of drug-likeness (QED) is 0.173. The lowest BCUT2D eigenvalue weighted by molar-refractivity contribution is 0.669. The molecule has 0 aliphatic heterocycles. The summed E-state index contributed by atoms with van der Waals surface area (Å²) in [5.41, 5.74) is 13.1. The first-order chi connectivity index (χ1) is 30.3. The maximum atomic E-state index is 8.87. The van der Waals surface area contributed by atoms with Crippen LogP contribution in [0.15, 0.2) is 211 Å². The van der Waals surface area contributed by atoms with Crippen LogP contribution < -0.4 is 0 Å². The maximum absolute atomic E-state index is 8.87. The van der Waals surface area contributed by atoms with E-state index in [0.29, 0.717) is 0 Å². The Balaban J connectivity index is 0.953. The van der Waals surface area contributed by atoms with Crippen LogP contribution in [0.3, 0.4) is 0 Å². The minimum absolute atomic E-state index is 0.134. The topological polar surface area (TPSA) is 23.0 Å². The maximum Gasteiger partial charge on any atom is 0.136 e. The summed E-state index contributed by atoms with van der Waals surface area (Å²) in [4.78, 5) is 0. The van der Waals surface area contributed by atoms with Crippen LogP contribution in [-0.2, 0) is 0 Å². The molecule has 3 heterocycles. The van der Waals surface area contributed by atoms with Crippen LogP contribution in [0.25, 0.3) is 110 Å². The molecular formula is C54H34N2O. The van der Waals surface area contributed by atoms with Crippen molar-refractivity contribution in [2.45, 2.75) is 0 Å². The predicted octanol–water partition coefficient (Wildman–Crippen LogP) is 14.8. The van der Waals surface area contributed by atoms with Crippen LogP contribution in [-0.4, -0.2) is 9.13 Å². The van der Waals surface area contributed by atoms with Gasteiger partial charge in [-0.1, -0.05) is 146 Å². The van der Waals surface area contributed by atoms with Gasteiger partial charge in [0, 0.05) is 43.7 Å². The van der Waals surface area contributed by atoms with Gasteiger partial charge in [-0.25, -0.2) is 0 Å². The molecule has 0 atom stereocenters. The standard InChI is InChI=1S/C54H34N2O/c1-2-11-40(12-3-1)55-48-17-7-4-13-43(48)45-31-27-38(33-50(45)55)39-28-32-46-44-14-5-8-18-49(44)56(51(46)34-39)41-29-25-36(26-30-41)35-21-23-37(24-22-35)42-16-10-20-53-54(42)47-15-6-9-19-52(47)57-53/h1-34H/i1D,2D,3D,11D,12D. The van der Waals surface area contributed by atoms with E-state index in [4.69, 9.17) is 11.3 Å². The molecule has 12 aromatic rings. The Morgan fingerprint density at radius 1 is 0.351 bits per heavy atom. The lowest BCUT2D eigenvalue weighted by atomic mass is 9.97. The summed E-state index contributed by atoms with van der Waals surface area (Å²) in [6.07, 6.45) is 0. The van der Waals surface area contributed by atoms with Gasteiger partial charge in [0.2, 0.25) is 0 Å². The van der Waals surface area contributed by atoms with Gasteiger partial charge in [0.05, 0.1) is 28.9 Å². The fourth-order valence-corrected chi connectivity index (χ4v) is 8.83. The van der Waals surface area contributed by atoms with Crippen molar-refractivity contribution in [3.05, 3.63) is 206 Å². The number of rotatable bonds is 5. The summed E-state index contributed by atoms with van der Waals surface area (Å²) in [7, 11) is 0. The average Bonchev–Trinajstić information content (AvgIpc) is 3.98. The largest absolute Gasteiger partial charge is 0.456 e. The zero-order chi connectivity index (χ0) is 41.8. The second kappa shape index (κ2) is 12.5. The van der Waals surface area contributed by atoms with Crippen LogP contribution in [0.1, 0.15) is 6.85 Å². The summed E-state index contributed by atoms with van der Waals surface area (Å²) < 4.78 is 53.2. The van der Waals surface area contributed by atoms with E-state index in [0.717, 1.165) is 105 Å². The summed E-state index contributed by atoms with van der Waals surface area (Å²) in [5, 5.41) is 6.42. The highest BCUT2D eigenvalue weighted by Crippen LogP contribution is 2.40. The molecule has 9 aromatic carbocycles. The Labute approximate surface area is 335 Å². The molecule has 3 aromatic heterocycles. The predicted molar refractivity (Wildman–Crippen MR) is 239 cm³/mol. The Bertz CT molecular complexity index is 3770. The number of nitrogens with zero attached hydrogens (tertiary/aromatic N) is 2. The summed E-state index contributed by atoms with van der Waals surface area (Å²) in [5.74, 6) is 0. The minimum Gasteiger partial charge on any atom is -0.456 e. The van der Waals surface area contributed by atoms with Gasteiger partial charge < -0.3 is 13.6 Å².